The summed E-state index contributed by atoms with van der Waals surface area (Å²) in [6.07, 6.45) is 0.295. The van der Waals surface area contributed by atoms with Gasteiger partial charge in [-0.3, -0.25) is 19.9 Å². The van der Waals surface area contributed by atoms with Crippen LogP contribution in [0.25, 0.3) is 11.1 Å². The fourth-order valence-corrected chi connectivity index (χ4v) is 3.89. The summed E-state index contributed by atoms with van der Waals surface area (Å²) in [4.78, 5) is 33.8. The molecule has 3 heterocycles. The normalized spacial score (nSPS) is 14.2. The molecule has 178 valence electrons. The molecule has 9 nitrogen and oxygen atoms in total. The number of hydrogen-bond acceptors (Lipinski definition) is 7. The minimum absolute atomic E-state index is 0.0824. The molecular weight excluding hydrogens is 458 g/mol. The minimum Gasteiger partial charge on any atom is -0.341 e. The van der Waals surface area contributed by atoms with Crippen LogP contribution in [0.5, 0.6) is 0 Å². The van der Waals surface area contributed by atoms with Gasteiger partial charge >= 0.3 is 0 Å². The first-order chi connectivity index (χ1) is 16.6. The average molecular weight is 478 g/mol. The Morgan fingerprint density at radius 1 is 1.26 bits per heavy atom. The van der Waals surface area contributed by atoms with Gasteiger partial charge in [-0.2, -0.15) is 5.26 Å². The quantitative estimate of drug-likeness (QED) is 0.412. The number of aryl methyl sites for hydroxylation is 1. The van der Waals surface area contributed by atoms with Crippen LogP contribution in [0.3, 0.4) is 0 Å². The molecule has 1 N–H and O–H groups in total. The van der Waals surface area contributed by atoms with Crippen LogP contribution in [0.1, 0.15) is 40.5 Å². The van der Waals surface area contributed by atoms with E-state index in [0.717, 1.165) is 6.07 Å². The van der Waals surface area contributed by atoms with Crippen molar-refractivity contribution in [1.82, 2.24) is 9.97 Å². The van der Waals surface area contributed by atoms with Gasteiger partial charge in [-0.05, 0) is 31.2 Å². The molecule has 0 spiro atoms. The molecule has 0 unspecified atom stereocenters. The van der Waals surface area contributed by atoms with Gasteiger partial charge in [0, 0.05) is 46.0 Å². The summed E-state index contributed by atoms with van der Waals surface area (Å²) >= 11 is 0. The number of anilines is 2. The molecule has 1 amide bonds. The number of alkyl halides is 2. The number of halogens is 2. The van der Waals surface area contributed by atoms with E-state index in [9.17, 15) is 29.0 Å². The number of aromatic nitrogens is 2. The molecule has 1 fully saturated rings. The highest BCUT2D eigenvalue weighted by Crippen LogP contribution is 2.33. The van der Waals surface area contributed by atoms with Gasteiger partial charge < -0.3 is 10.2 Å². The number of benzene rings is 1. The summed E-state index contributed by atoms with van der Waals surface area (Å²) in [5.74, 6) is -0.202. The predicted molar refractivity (Wildman–Crippen MR) is 124 cm³/mol. The molecule has 1 saturated heterocycles. The van der Waals surface area contributed by atoms with E-state index in [1.54, 1.807) is 37.1 Å². The third-order valence-corrected chi connectivity index (χ3v) is 5.85. The van der Waals surface area contributed by atoms with Crippen LogP contribution in [0, 0.1) is 28.4 Å². The summed E-state index contributed by atoms with van der Waals surface area (Å²) < 4.78 is 25.9. The van der Waals surface area contributed by atoms with E-state index in [-0.39, 0.29) is 34.7 Å². The number of nitro groups is 1. The molecule has 0 radical (unpaired) electrons. The van der Waals surface area contributed by atoms with Gasteiger partial charge in [0.1, 0.15) is 11.9 Å². The smallest absolute Gasteiger partial charge is 0.263 e. The second-order valence-electron chi connectivity index (χ2n) is 8.55. The molecule has 0 saturated carbocycles. The van der Waals surface area contributed by atoms with Crippen molar-refractivity contribution in [2.24, 2.45) is 0 Å². The van der Waals surface area contributed by atoms with Crippen molar-refractivity contribution in [3.63, 3.8) is 0 Å². The van der Waals surface area contributed by atoms with Gasteiger partial charge in [0.2, 0.25) is 0 Å². The number of carbonyl (C=O) groups excluding carboxylic acids is 1. The number of pyridine rings is 2. The van der Waals surface area contributed by atoms with Crippen molar-refractivity contribution < 1.29 is 18.5 Å². The summed E-state index contributed by atoms with van der Waals surface area (Å²) in [5.41, 5.74) is 1.15. The van der Waals surface area contributed by atoms with Gasteiger partial charge in [0.15, 0.2) is 0 Å². The monoisotopic (exact) mass is 478 g/mol. The number of nitrogens with zero attached hydrogens (tertiary/aromatic N) is 5. The van der Waals surface area contributed by atoms with Crippen LogP contribution in [-0.4, -0.2) is 39.4 Å². The Labute approximate surface area is 199 Å². The summed E-state index contributed by atoms with van der Waals surface area (Å²) in [6.45, 7) is 3.60. The molecule has 1 aliphatic rings. The third kappa shape index (κ3) is 4.63. The van der Waals surface area contributed by atoms with Crippen LogP contribution < -0.4 is 10.2 Å². The van der Waals surface area contributed by atoms with Gasteiger partial charge in [-0.25, -0.2) is 13.8 Å². The van der Waals surface area contributed by atoms with Gasteiger partial charge in [0.05, 0.1) is 30.5 Å². The van der Waals surface area contributed by atoms with E-state index in [2.05, 4.69) is 21.4 Å². The van der Waals surface area contributed by atoms with Crippen molar-refractivity contribution in [1.29, 1.82) is 5.26 Å². The minimum atomic E-state index is -2.69. The highest BCUT2D eigenvalue weighted by Gasteiger charge is 2.50. The number of amides is 1. The van der Waals surface area contributed by atoms with E-state index in [1.807, 2.05) is 0 Å². The van der Waals surface area contributed by atoms with Crippen molar-refractivity contribution >= 4 is 17.4 Å². The SMILES string of the molecule is Cc1ncc(NC(=O)c2cccc(C(F)F)c2)cc1-c1cnc(N2CC(C)([N+](=O)[O-])C2)c(C#N)c1. The molecule has 35 heavy (non-hydrogen) atoms. The largest absolute Gasteiger partial charge is 0.341 e. The second kappa shape index (κ2) is 9.06. The Bertz CT molecular complexity index is 1370. The van der Waals surface area contributed by atoms with Crippen LogP contribution in [0.15, 0.2) is 48.8 Å². The third-order valence-electron chi connectivity index (χ3n) is 5.85. The lowest BCUT2D eigenvalue weighted by molar-refractivity contribution is -0.568. The molecule has 1 aromatic carbocycles. The first-order valence-electron chi connectivity index (χ1n) is 10.6. The first kappa shape index (κ1) is 23.7. The highest BCUT2D eigenvalue weighted by molar-refractivity contribution is 6.04. The molecule has 0 aliphatic carbocycles. The summed E-state index contributed by atoms with van der Waals surface area (Å²) in [5, 5.41) is 23.5. The molecule has 3 aromatic rings. The topological polar surface area (TPSA) is 125 Å². The van der Waals surface area contributed by atoms with Crippen LogP contribution in [0.4, 0.5) is 20.3 Å². The Morgan fingerprint density at radius 3 is 2.66 bits per heavy atom. The molecule has 11 heteroatoms. The molecule has 0 bridgehead atoms. The van der Waals surface area contributed by atoms with Crippen LogP contribution in [0.2, 0.25) is 0 Å². The number of carbonyl (C=O) groups is 1. The van der Waals surface area contributed by atoms with E-state index < -0.39 is 17.9 Å². The zero-order valence-electron chi connectivity index (χ0n) is 18.8. The number of nitrogens with one attached hydrogen (secondary N) is 1. The maximum absolute atomic E-state index is 13.0. The van der Waals surface area contributed by atoms with Crippen LogP contribution >= 0.6 is 0 Å². The molecule has 0 atom stereocenters. The average Bonchev–Trinajstić information content (AvgIpc) is 2.82. The fraction of sp³-hybridized carbons (Fsp3) is 0.250. The van der Waals surface area contributed by atoms with Gasteiger partial charge in [0.25, 0.3) is 17.9 Å². The van der Waals surface area contributed by atoms with E-state index in [1.165, 1.54) is 24.4 Å². The van der Waals surface area contributed by atoms with Crippen molar-refractivity contribution in [2.75, 3.05) is 23.3 Å². The Morgan fingerprint density at radius 2 is 2.00 bits per heavy atom. The first-order valence-corrected chi connectivity index (χ1v) is 10.6. The van der Waals surface area contributed by atoms with Crippen molar-refractivity contribution in [2.45, 2.75) is 25.8 Å². The number of rotatable bonds is 6. The summed E-state index contributed by atoms with van der Waals surface area (Å²) in [7, 11) is 0. The molecular formula is C24H20F2N6O3. The van der Waals surface area contributed by atoms with E-state index in [4.69, 9.17) is 0 Å². The van der Waals surface area contributed by atoms with Gasteiger partial charge in [-0.1, -0.05) is 12.1 Å². The van der Waals surface area contributed by atoms with Crippen LogP contribution in [-0.2, 0) is 0 Å². The zero-order chi connectivity index (χ0) is 25.3. The Hall–Kier alpha value is -4.46. The molecule has 1 aliphatic heterocycles. The molecule has 2 aromatic heterocycles. The second-order valence-corrected chi connectivity index (χ2v) is 8.55. The predicted octanol–water partition coefficient (Wildman–Crippen LogP) is 4.37. The lowest BCUT2D eigenvalue weighted by Crippen LogP contribution is -2.64. The highest BCUT2D eigenvalue weighted by atomic mass is 19.3. The lowest BCUT2D eigenvalue weighted by atomic mass is 9.92. The standard InChI is InChI=1S/C24H20F2N6O3/c1-14-20(8-19(11-28-14)30-23(33)16-5-3-4-15(6-16)21(25)26)18-7-17(9-27)22(29-10-18)31-12-24(2,13-31)32(34)35/h3-8,10-11,21H,12-13H2,1-2H3,(H,30,33). The van der Waals surface area contributed by atoms with E-state index in [0.29, 0.717) is 28.3 Å². The number of nitriles is 1. The lowest BCUT2D eigenvalue weighted by Gasteiger charge is -2.41. The maximum Gasteiger partial charge on any atom is 0.263 e. The van der Waals surface area contributed by atoms with Crippen molar-refractivity contribution in [3.05, 3.63) is 81.3 Å². The van der Waals surface area contributed by atoms with Gasteiger partial charge in [-0.15, -0.1) is 0 Å². The summed E-state index contributed by atoms with van der Waals surface area (Å²) in [6, 6.07) is 10.6. The fourth-order valence-electron chi connectivity index (χ4n) is 3.89. The Balaban J connectivity index is 1.58. The Kier molecular flexibility index (Phi) is 6.13. The zero-order valence-corrected chi connectivity index (χ0v) is 18.8. The number of hydrogen-bond donors (Lipinski definition) is 1. The van der Waals surface area contributed by atoms with Crippen molar-refractivity contribution in [3.8, 4) is 17.2 Å². The molecule has 4 rings (SSSR count). The van der Waals surface area contributed by atoms with E-state index >= 15 is 0 Å². The maximum atomic E-state index is 13.0.